The Hall–Kier alpha value is -1.36. The van der Waals surface area contributed by atoms with Gasteiger partial charge in [0.1, 0.15) is 5.69 Å². The predicted molar refractivity (Wildman–Crippen MR) is 61.3 cm³/mol. The molecule has 0 aliphatic carbocycles. The standard InChI is InChI=1S/C11H19N3O2/c1-3-9(4-2)14-10(5-6-13-14)11(16)12-7-8-15/h5-6,9,15H,3-4,7-8H2,1-2H3,(H,12,16). The molecule has 0 saturated heterocycles. The lowest BCUT2D eigenvalue weighted by Crippen LogP contribution is -2.29. The topological polar surface area (TPSA) is 67.2 Å². The summed E-state index contributed by atoms with van der Waals surface area (Å²) in [6.45, 7) is 4.37. The summed E-state index contributed by atoms with van der Waals surface area (Å²) in [6.07, 6.45) is 3.52. The first-order chi connectivity index (χ1) is 7.74. The summed E-state index contributed by atoms with van der Waals surface area (Å²) in [6, 6.07) is 1.95. The second-order valence-electron chi connectivity index (χ2n) is 3.61. The minimum atomic E-state index is -0.182. The minimum absolute atomic E-state index is 0.0507. The number of rotatable bonds is 6. The van der Waals surface area contributed by atoms with Crippen molar-refractivity contribution in [1.82, 2.24) is 15.1 Å². The summed E-state index contributed by atoms with van der Waals surface area (Å²) < 4.78 is 1.76. The van der Waals surface area contributed by atoms with Crippen LogP contribution in [0.2, 0.25) is 0 Å². The number of aliphatic hydroxyl groups is 1. The molecule has 0 aromatic carbocycles. The molecule has 0 aliphatic heterocycles. The Morgan fingerprint density at radius 1 is 1.56 bits per heavy atom. The monoisotopic (exact) mass is 225 g/mol. The molecule has 1 aromatic rings. The summed E-state index contributed by atoms with van der Waals surface area (Å²) in [5, 5.41) is 15.5. The van der Waals surface area contributed by atoms with E-state index in [1.807, 2.05) is 0 Å². The van der Waals surface area contributed by atoms with Gasteiger partial charge in [-0.3, -0.25) is 9.48 Å². The van der Waals surface area contributed by atoms with Crippen LogP contribution in [0.1, 0.15) is 43.2 Å². The Bertz CT molecular complexity index is 332. The molecule has 1 heterocycles. The summed E-state index contributed by atoms with van der Waals surface area (Å²) >= 11 is 0. The van der Waals surface area contributed by atoms with Crippen LogP contribution in [-0.2, 0) is 0 Å². The van der Waals surface area contributed by atoms with Gasteiger partial charge in [0.05, 0.1) is 12.6 Å². The van der Waals surface area contributed by atoms with Crippen molar-refractivity contribution in [1.29, 1.82) is 0 Å². The Balaban J connectivity index is 2.80. The van der Waals surface area contributed by atoms with Gasteiger partial charge in [0, 0.05) is 12.7 Å². The van der Waals surface area contributed by atoms with Crippen LogP contribution in [0.15, 0.2) is 12.3 Å². The molecule has 0 fully saturated rings. The number of nitrogens with zero attached hydrogens (tertiary/aromatic N) is 2. The highest BCUT2D eigenvalue weighted by atomic mass is 16.3. The first kappa shape index (κ1) is 12.7. The van der Waals surface area contributed by atoms with Crippen LogP contribution in [0.4, 0.5) is 0 Å². The van der Waals surface area contributed by atoms with Crippen LogP contribution in [0.5, 0.6) is 0 Å². The Kier molecular flexibility index (Phi) is 4.98. The third-order valence-corrected chi connectivity index (χ3v) is 2.59. The zero-order chi connectivity index (χ0) is 12.0. The van der Waals surface area contributed by atoms with E-state index >= 15 is 0 Å². The molecule has 1 aromatic heterocycles. The van der Waals surface area contributed by atoms with Crippen LogP contribution >= 0.6 is 0 Å². The second-order valence-corrected chi connectivity index (χ2v) is 3.61. The van der Waals surface area contributed by atoms with Gasteiger partial charge in [-0.25, -0.2) is 0 Å². The van der Waals surface area contributed by atoms with E-state index in [-0.39, 0.29) is 25.1 Å². The smallest absolute Gasteiger partial charge is 0.269 e. The summed E-state index contributed by atoms with van der Waals surface area (Å²) in [4.78, 5) is 11.7. The number of nitrogens with one attached hydrogen (secondary N) is 1. The summed E-state index contributed by atoms with van der Waals surface area (Å²) in [7, 11) is 0. The molecule has 0 saturated carbocycles. The lowest BCUT2D eigenvalue weighted by atomic mass is 10.2. The summed E-state index contributed by atoms with van der Waals surface area (Å²) in [5.74, 6) is -0.182. The van der Waals surface area contributed by atoms with Crippen molar-refractivity contribution in [3.8, 4) is 0 Å². The van der Waals surface area contributed by atoms with Crippen molar-refractivity contribution in [3.05, 3.63) is 18.0 Å². The maximum Gasteiger partial charge on any atom is 0.269 e. The van der Waals surface area contributed by atoms with E-state index in [4.69, 9.17) is 5.11 Å². The zero-order valence-corrected chi connectivity index (χ0v) is 9.81. The zero-order valence-electron chi connectivity index (χ0n) is 9.81. The molecule has 0 unspecified atom stereocenters. The van der Waals surface area contributed by atoms with E-state index in [2.05, 4.69) is 24.3 Å². The highest BCUT2D eigenvalue weighted by Gasteiger charge is 2.16. The van der Waals surface area contributed by atoms with Crippen LogP contribution in [0.3, 0.4) is 0 Å². The highest BCUT2D eigenvalue weighted by Crippen LogP contribution is 2.16. The van der Waals surface area contributed by atoms with Crippen molar-refractivity contribution in [2.45, 2.75) is 32.7 Å². The Morgan fingerprint density at radius 3 is 2.81 bits per heavy atom. The Morgan fingerprint density at radius 2 is 2.25 bits per heavy atom. The predicted octanol–water partition coefficient (Wildman–Crippen LogP) is 0.966. The maximum atomic E-state index is 11.7. The lowest BCUT2D eigenvalue weighted by Gasteiger charge is -2.16. The molecule has 16 heavy (non-hydrogen) atoms. The van der Waals surface area contributed by atoms with Crippen molar-refractivity contribution in [2.75, 3.05) is 13.2 Å². The molecule has 2 N–H and O–H groups in total. The molecule has 5 heteroatoms. The average molecular weight is 225 g/mol. The highest BCUT2D eigenvalue weighted by molar-refractivity contribution is 5.92. The Labute approximate surface area is 95.5 Å². The molecule has 0 aliphatic rings. The van der Waals surface area contributed by atoms with E-state index in [9.17, 15) is 4.79 Å². The van der Waals surface area contributed by atoms with E-state index < -0.39 is 0 Å². The van der Waals surface area contributed by atoms with Crippen molar-refractivity contribution < 1.29 is 9.90 Å². The molecule has 1 amide bonds. The molecular weight excluding hydrogens is 206 g/mol. The molecule has 90 valence electrons. The quantitative estimate of drug-likeness (QED) is 0.758. The largest absolute Gasteiger partial charge is 0.395 e. The van der Waals surface area contributed by atoms with Crippen LogP contribution in [0.25, 0.3) is 0 Å². The first-order valence-electron chi connectivity index (χ1n) is 5.67. The van der Waals surface area contributed by atoms with Gasteiger partial charge >= 0.3 is 0 Å². The van der Waals surface area contributed by atoms with Crippen molar-refractivity contribution >= 4 is 5.91 Å². The van der Waals surface area contributed by atoms with Gasteiger partial charge in [0.2, 0.25) is 0 Å². The maximum absolute atomic E-state index is 11.7. The molecule has 0 bridgehead atoms. The molecule has 0 spiro atoms. The number of hydrogen-bond acceptors (Lipinski definition) is 3. The number of amides is 1. The van der Waals surface area contributed by atoms with Gasteiger partial charge in [-0.15, -0.1) is 0 Å². The van der Waals surface area contributed by atoms with Crippen LogP contribution < -0.4 is 5.32 Å². The number of aliphatic hydroxyl groups excluding tert-OH is 1. The van der Waals surface area contributed by atoms with Crippen LogP contribution in [-0.4, -0.2) is 33.9 Å². The second kappa shape index (κ2) is 6.27. The van der Waals surface area contributed by atoms with Gasteiger partial charge in [0.25, 0.3) is 5.91 Å². The van der Waals surface area contributed by atoms with Crippen molar-refractivity contribution in [3.63, 3.8) is 0 Å². The number of carbonyl (C=O) groups is 1. The van der Waals surface area contributed by atoms with E-state index in [1.54, 1.807) is 16.9 Å². The summed E-state index contributed by atoms with van der Waals surface area (Å²) in [5.41, 5.74) is 0.558. The van der Waals surface area contributed by atoms with Crippen molar-refractivity contribution in [2.24, 2.45) is 0 Å². The number of hydrogen-bond donors (Lipinski definition) is 2. The van der Waals surface area contributed by atoms with E-state index in [0.717, 1.165) is 12.8 Å². The normalized spacial score (nSPS) is 10.8. The van der Waals surface area contributed by atoms with Crippen LogP contribution in [0, 0.1) is 0 Å². The molecule has 0 atom stereocenters. The fraction of sp³-hybridized carbons (Fsp3) is 0.636. The molecule has 0 radical (unpaired) electrons. The van der Waals surface area contributed by atoms with Gasteiger partial charge in [-0.05, 0) is 18.9 Å². The molecular formula is C11H19N3O2. The fourth-order valence-corrected chi connectivity index (χ4v) is 1.68. The van der Waals surface area contributed by atoms with Gasteiger partial charge in [-0.2, -0.15) is 5.10 Å². The fourth-order valence-electron chi connectivity index (χ4n) is 1.68. The van der Waals surface area contributed by atoms with E-state index in [1.165, 1.54) is 0 Å². The SMILES string of the molecule is CCC(CC)n1nccc1C(=O)NCCO. The molecule has 1 rings (SSSR count). The first-order valence-corrected chi connectivity index (χ1v) is 5.67. The van der Waals surface area contributed by atoms with Gasteiger partial charge in [0.15, 0.2) is 0 Å². The minimum Gasteiger partial charge on any atom is -0.395 e. The van der Waals surface area contributed by atoms with E-state index in [0.29, 0.717) is 5.69 Å². The van der Waals surface area contributed by atoms with Gasteiger partial charge in [-0.1, -0.05) is 13.8 Å². The molecule has 5 nitrogen and oxygen atoms in total. The van der Waals surface area contributed by atoms with Gasteiger partial charge < -0.3 is 10.4 Å². The number of carbonyl (C=O) groups excluding carboxylic acids is 1. The average Bonchev–Trinajstić information content (AvgIpc) is 2.77. The third-order valence-electron chi connectivity index (χ3n) is 2.59. The third kappa shape index (κ3) is 2.82. The lowest BCUT2D eigenvalue weighted by molar-refractivity contribution is 0.0930. The number of aromatic nitrogens is 2.